The fraction of sp³-hybridized carbons (Fsp3) is 1.00. The van der Waals surface area contributed by atoms with E-state index in [1.54, 1.807) is 0 Å². The second kappa shape index (κ2) is 8.04. The van der Waals surface area contributed by atoms with Gasteiger partial charge in [0.1, 0.15) is 0 Å². The fourth-order valence-corrected chi connectivity index (χ4v) is 1.78. The van der Waals surface area contributed by atoms with Crippen LogP contribution in [-0.2, 0) is 9.47 Å². The highest BCUT2D eigenvalue weighted by Crippen LogP contribution is 2.19. The maximum absolute atomic E-state index is 5.98. The van der Waals surface area contributed by atoms with Gasteiger partial charge < -0.3 is 14.8 Å². The molecule has 1 rings (SSSR count). The summed E-state index contributed by atoms with van der Waals surface area (Å²) in [7, 11) is 0. The molecule has 0 aromatic rings. The van der Waals surface area contributed by atoms with Crippen LogP contribution in [0.5, 0.6) is 0 Å². The van der Waals surface area contributed by atoms with E-state index in [9.17, 15) is 0 Å². The Morgan fingerprint density at radius 1 is 1.31 bits per heavy atom. The summed E-state index contributed by atoms with van der Waals surface area (Å²) in [5.41, 5.74) is 0. The van der Waals surface area contributed by atoms with E-state index in [4.69, 9.17) is 9.47 Å². The highest BCUT2D eigenvalue weighted by molar-refractivity contribution is 4.82. The van der Waals surface area contributed by atoms with Crippen molar-refractivity contribution < 1.29 is 9.47 Å². The second-order valence-electron chi connectivity index (χ2n) is 4.70. The van der Waals surface area contributed by atoms with E-state index >= 15 is 0 Å². The van der Waals surface area contributed by atoms with Crippen molar-refractivity contribution in [1.29, 1.82) is 0 Å². The Hall–Kier alpha value is -0.120. The summed E-state index contributed by atoms with van der Waals surface area (Å²) in [5, 5.41) is 3.54. The van der Waals surface area contributed by atoms with Crippen molar-refractivity contribution in [3.8, 4) is 0 Å². The van der Waals surface area contributed by atoms with Crippen LogP contribution in [0.25, 0.3) is 0 Å². The Bertz CT molecular complexity index is 171. The minimum Gasteiger partial charge on any atom is -0.379 e. The Labute approximate surface area is 99.9 Å². The molecule has 16 heavy (non-hydrogen) atoms. The van der Waals surface area contributed by atoms with Crippen LogP contribution >= 0.6 is 0 Å². The molecular weight excluding hydrogens is 202 g/mol. The van der Waals surface area contributed by atoms with Gasteiger partial charge in [-0.1, -0.05) is 13.3 Å². The molecule has 3 heteroatoms. The molecule has 0 aromatic heterocycles. The fourth-order valence-electron chi connectivity index (χ4n) is 1.78. The number of rotatable bonds is 10. The summed E-state index contributed by atoms with van der Waals surface area (Å²) >= 11 is 0. The van der Waals surface area contributed by atoms with Gasteiger partial charge in [0.2, 0.25) is 0 Å². The van der Waals surface area contributed by atoms with E-state index < -0.39 is 0 Å². The van der Waals surface area contributed by atoms with Crippen LogP contribution in [0.15, 0.2) is 0 Å². The lowest BCUT2D eigenvalue weighted by Crippen LogP contribution is -2.34. The predicted octanol–water partition coefficient (Wildman–Crippen LogP) is 2.35. The van der Waals surface area contributed by atoms with Gasteiger partial charge in [-0.15, -0.1) is 0 Å². The number of hydrogen-bond donors (Lipinski definition) is 1. The Kier molecular flexibility index (Phi) is 7.01. The van der Waals surface area contributed by atoms with Gasteiger partial charge in [0.15, 0.2) is 0 Å². The van der Waals surface area contributed by atoms with Crippen LogP contribution in [0.4, 0.5) is 0 Å². The van der Waals surface area contributed by atoms with E-state index in [2.05, 4.69) is 19.2 Å². The molecule has 1 aliphatic carbocycles. The Morgan fingerprint density at radius 3 is 2.62 bits per heavy atom. The molecule has 0 radical (unpaired) electrons. The first-order chi connectivity index (χ1) is 7.76. The summed E-state index contributed by atoms with van der Waals surface area (Å²) in [6, 6.07) is 0.769. The first-order valence-electron chi connectivity index (χ1n) is 6.72. The zero-order chi connectivity index (χ0) is 11.8. The zero-order valence-corrected chi connectivity index (χ0v) is 11.0. The lowest BCUT2D eigenvalue weighted by atomic mass is 10.2. The molecular formula is C13H27NO2. The molecule has 0 amide bonds. The monoisotopic (exact) mass is 229 g/mol. The maximum atomic E-state index is 5.98. The molecule has 1 fully saturated rings. The topological polar surface area (TPSA) is 30.5 Å². The standard InChI is InChI=1S/C13H27NO2/c1-4-6-13(9-14-12-7-8-12)16-11(3)10-15-5-2/h11-14H,4-10H2,1-3H3. The van der Waals surface area contributed by atoms with Crippen molar-refractivity contribution in [2.24, 2.45) is 0 Å². The summed E-state index contributed by atoms with van der Waals surface area (Å²) in [4.78, 5) is 0. The number of ether oxygens (including phenoxy) is 2. The molecule has 96 valence electrons. The van der Waals surface area contributed by atoms with Gasteiger partial charge in [-0.05, 0) is 33.1 Å². The van der Waals surface area contributed by atoms with Gasteiger partial charge in [-0.2, -0.15) is 0 Å². The summed E-state index contributed by atoms with van der Waals surface area (Å²) < 4.78 is 11.4. The van der Waals surface area contributed by atoms with Gasteiger partial charge in [-0.25, -0.2) is 0 Å². The summed E-state index contributed by atoms with van der Waals surface area (Å²) in [6.07, 6.45) is 5.55. The molecule has 0 spiro atoms. The van der Waals surface area contributed by atoms with Crippen LogP contribution < -0.4 is 5.32 Å². The van der Waals surface area contributed by atoms with E-state index in [1.807, 2.05) is 6.92 Å². The van der Waals surface area contributed by atoms with Crippen molar-refractivity contribution in [3.05, 3.63) is 0 Å². The molecule has 1 aliphatic rings. The predicted molar refractivity (Wildman–Crippen MR) is 66.8 cm³/mol. The normalized spacial score (nSPS) is 19.7. The first kappa shape index (κ1) is 13.9. The van der Waals surface area contributed by atoms with Crippen LogP contribution in [0.2, 0.25) is 0 Å². The second-order valence-corrected chi connectivity index (χ2v) is 4.70. The Morgan fingerprint density at radius 2 is 2.06 bits per heavy atom. The van der Waals surface area contributed by atoms with Gasteiger partial charge in [0.25, 0.3) is 0 Å². The molecule has 0 bridgehead atoms. The minimum atomic E-state index is 0.206. The van der Waals surface area contributed by atoms with Crippen molar-refractivity contribution >= 4 is 0 Å². The molecule has 1 saturated carbocycles. The maximum Gasteiger partial charge on any atom is 0.0784 e. The lowest BCUT2D eigenvalue weighted by molar-refractivity contribution is -0.0483. The van der Waals surface area contributed by atoms with Gasteiger partial charge in [0, 0.05) is 19.2 Å². The highest BCUT2D eigenvalue weighted by Gasteiger charge is 2.22. The summed E-state index contributed by atoms with van der Waals surface area (Å²) in [6.45, 7) is 8.79. The quantitative estimate of drug-likeness (QED) is 0.624. The molecule has 1 N–H and O–H groups in total. The largest absolute Gasteiger partial charge is 0.379 e. The SMILES string of the molecule is CCCC(CNC1CC1)OC(C)COCC. The van der Waals surface area contributed by atoms with Crippen molar-refractivity contribution in [1.82, 2.24) is 5.32 Å². The van der Waals surface area contributed by atoms with Crippen molar-refractivity contribution in [2.45, 2.75) is 64.7 Å². The van der Waals surface area contributed by atoms with E-state index in [-0.39, 0.29) is 6.10 Å². The van der Waals surface area contributed by atoms with Crippen LogP contribution in [-0.4, -0.2) is 38.0 Å². The Balaban J connectivity index is 2.13. The average molecular weight is 229 g/mol. The number of hydrogen-bond acceptors (Lipinski definition) is 3. The van der Waals surface area contributed by atoms with Crippen molar-refractivity contribution in [2.75, 3.05) is 19.8 Å². The first-order valence-corrected chi connectivity index (χ1v) is 6.72. The van der Waals surface area contributed by atoms with E-state index in [1.165, 1.54) is 19.3 Å². The van der Waals surface area contributed by atoms with Gasteiger partial charge in [-0.3, -0.25) is 0 Å². The van der Waals surface area contributed by atoms with Crippen LogP contribution in [0.1, 0.15) is 46.5 Å². The minimum absolute atomic E-state index is 0.206. The highest BCUT2D eigenvalue weighted by atomic mass is 16.5. The molecule has 0 aromatic carbocycles. The third-order valence-corrected chi connectivity index (χ3v) is 2.80. The van der Waals surface area contributed by atoms with Crippen LogP contribution in [0.3, 0.4) is 0 Å². The molecule has 0 aliphatic heterocycles. The summed E-state index contributed by atoms with van der Waals surface area (Å²) in [5.74, 6) is 0. The third kappa shape index (κ3) is 6.46. The lowest BCUT2D eigenvalue weighted by Gasteiger charge is -2.22. The molecule has 2 atom stereocenters. The number of nitrogens with one attached hydrogen (secondary N) is 1. The van der Waals surface area contributed by atoms with Gasteiger partial charge >= 0.3 is 0 Å². The van der Waals surface area contributed by atoms with E-state index in [0.717, 1.165) is 25.6 Å². The van der Waals surface area contributed by atoms with Crippen molar-refractivity contribution in [3.63, 3.8) is 0 Å². The zero-order valence-electron chi connectivity index (χ0n) is 11.0. The van der Waals surface area contributed by atoms with Gasteiger partial charge in [0.05, 0.1) is 18.8 Å². The third-order valence-electron chi connectivity index (χ3n) is 2.80. The molecule has 0 saturated heterocycles. The average Bonchev–Trinajstić information content (AvgIpc) is 3.07. The molecule has 3 nitrogen and oxygen atoms in total. The molecule has 2 unspecified atom stereocenters. The molecule has 0 heterocycles. The smallest absolute Gasteiger partial charge is 0.0784 e. The van der Waals surface area contributed by atoms with E-state index in [0.29, 0.717) is 12.7 Å². The van der Waals surface area contributed by atoms with Crippen LogP contribution in [0, 0.1) is 0 Å².